The van der Waals surface area contributed by atoms with E-state index in [-0.39, 0.29) is 24.2 Å². The first-order chi connectivity index (χ1) is 17.3. The van der Waals surface area contributed by atoms with Gasteiger partial charge in [0.05, 0.1) is 11.1 Å². The lowest BCUT2D eigenvalue weighted by Crippen LogP contribution is -2.36. The van der Waals surface area contributed by atoms with Gasteiger partial charge in [0, 0.05) is 31.7 Å². The summed E-state index contributed by atoms with van der Waals surface area (Å²) < 4.78 is 55.4. The van der Waals surface area contributed by atoms with E-state index >= 15 is 0 Å². The van der Waals surface area contributed by atoms with Crippen molar-refractivity contribution in [3.63, 3.8) is 0 Å². The molecule has 1 N–H and O–H groups in total. The van der Waals surface area contributed by atoms with Gasteiger partial charge in [0.15, 0.2) is 0 Å². The molecule has 1 aromatic heterocycles. The molecule has 0 atom stereocenters. The third-order valence-corrected chi connectivity index (χ3v) is 7.48. The maximum atomic E-state index is 13.5. The Kier molecular flexibility index (Phi) is 7.17. The van der Waals surface area contributed by atoms with Gasteiger partial charge in [-0.1, -0.05) is 12.5 Å². The number of alkyl halides is 3. The molecule has 1 saturated heterocycles. The largest absolute Gasteiger partial charge is 0.416 e. The highest BCUT2D eigenvalue weighted by atomic mass is 19.4. The first kappa shape index (κ1) is 25.0. The van der Waals surface area contributed by atoms with Gasteiger partial charge in [0.25, 0.3) is 5.56 Å². The molecular weight excluding hydrogens is 470 g/mol. The van der Waals surface area contributed by atoms with E-state index in [1.807, 2.05) is 10.6 Å². The van der Waals surface area contributed by atoms with Crippen molar-refractivity contribution in [1.82, 2.24) is 14.8 Å². The van der Waals surface area contributed by atoms with Crippen molar-refractivity contribution in [3.8, 4) is 0 Å². The Bertz CT molecular complexity index is 1310. The SMILES string of the molecule is O=c1c(CNCc2ccc(F)cc2C(F)(F)F)cc2cc3c(cc2n1CCN1CCCCC1)CCC3. The first-order valence-electron chi connectivity index (χ1n) is 12.8. The fourth-order valence-electron chi connectivity index (χ4n) is 5.58. The van der Waals surface area contributed by atoms with Gasteiger partial charge in [-0.3, -0.25) is 4.79 Å². The van der Waals surface area contributed by atoms with Crippen LogP contribution in [0.2, 0.25) is 0 Å². The zero-order chi connectivity index (χ0) is 25.3. The van der Waals surface area contributed by atoms with Gasteiger partial charge >= 0.3 is 6.18 Å². The van der Waals surface area contributed by atoms with Gasteiger partial charge in [-0.2, -0.15) is 13.2 Å². The van der Waals surface area contributed by atoms with Crippen LogP contribution in [-0.2, 0) is 38.7 Å². The molecule has 0 spiro atoms. The molecule has 1 aliphatic carbocycles. The molecular formula is C28H31F4N3O. The number of likely N-dealkylation sites (tertiary alicyclic amines) is 1. The molecule has 36 heavy (non-hydrogen) atoms. The van der Waals surface area contributed by atoms with Crippen molar-refractivity contribution < 1.29 is 17.6 Å². The van der Waals surface area contributed by atoms with Gasteiger partial charge in [0.2, 0.25) is 0 Å². The molecule has 192 valence electrons. The Labute approximate surface area is 207 Å². The number of fused-ring (bicyclic) bond motifs is 2. The van der Waals surface area contributed by atoms with E-state index in [2.05, 4.69) is 22.3 Å². The molecule has 2 aliphatic rings. The van der Waals surface area contributed by atoms with E-state index in [9.17, 15) is 22.4 Å². The molecule has 0 amide bonds. The Morgan fingerprint density at radius 2 is 1.56 bits per heavy atom. The fourth-order valence-corrected chi connectivity index (χ4v) is 5.58. The Morgan fingerprint density at radius 1 is 0.833 bits per heavy atom. The summed E-state index contributed by atoms with van der Waals surface area (Å²) in [6, 6.07) is 8.87. The fraction of sp³-hybridized carbons (Fsp3) is 0.464. The lowest BCUT2D eigenvalue weighted by Gasteiger charge is -2.27. The number of nitrogens with zero attached hydrogens (tertiary/aromatic N) is 2. The highest BCUT2D eigenvalue weighted by Crippen LogP contribution is 2.32. The van der Waals surface area contributed by atoms with E-state index < -0.39 is 17.6 Å². The lowest BCUT2D eigenvalue weighted by molar-refractivity contribution is -0.138. The van der Waals surface area contributed by atoms with Gasteiger partial charge in [-0.15, -0.1) is 0 Å². The van der Waals surface area contributed by atoms with Crippen LogP contribution in [0.4, 0.5) is 17.6 Å². The summed E-state index contributed by atoms with van der Waals surface area (Å²) in [5.74, 6) is -0.926. The first-order valence-corrected chi connectivity index (χ1v) is 12.8. The number of aromatic nitrogens is 1. The van der Waals surface area contributed by atoms with Crippen LogP contribution in [0.1, 0.15) is 53.5 Å². The number of rotatable bonds is 7. The molecule has 4 nitrogen and oxygen atoms in total. The topological polar surface area (TPSA) is 37.3 Å². The number of aryl methyl sites for hydroxylation is 2. The summed E-state index contributed by atoms with van der Waals surface area (Å²) in [6.45, 7) is 3.48. The average molecular weight is 502 g/mol. The number of pyridine rings is 1. The second kappa shape index (κ2) is 10.3. The zero-order valence-corrected chi connectivity index (χ0v) is 20.3. The van der Waals surface area contributed by atoms with Crippen molar-refractivity contribution in [3.05, 3.63) is 80.4 Å². The van der Waals surface area contributed by atoms with Gasteiger partial charge in [-0.25, -0.2) is 4.39 Å². The van der Waals surface area contributed by atoms with E-state index in [0.29, 0.717) is 18.2 Å². The van der Waals surface area contributed by atoms with Crippen molar-refractivity contribution in [2.75, 3.05) is 19.6 Å². The molecule has 2 heterocycles. The third-order valence-electron chi connectivity index (χ3n) is 7.48. The number of nitrogens with one attached hydrogen (secondary N) is 1. The molecule has 0 unspecified atom stereocenters. The molecule has 0 bridgehead atoms. The van der Waals surface area contributed by atoms with Crippen LogP contribution in [0.15, 0.2) is 41.2 Å². The van der Waals surface area contributed by atoms with Crippen LogP contribution in [0.25, 0.3) is 10.9 Å². The standard InChI is InChI=1S/C28H31F4N3O/c29-24-8-7-21(25(16-24)28(30,31)32)17-33-18-23-14-22-13-19-5-4-6-20(19)15-26(22)35(27(23)36)12-11-34-9-2-1-3-10-34/h7-8,13-16,33H,1-6,9-12,17-18H2. The molecule has 0 saturated carbocycles. The van der Waals surface area contributed by atoms with E-state index in [1.54, 1.807) is 0 Å². The maximum Gasteiger partial charge on any atom is 0.416 e. The normalized spacial score (nSPS) is 16.6. The molecule has 1 fully saturated rings. The Hall–Kier alpha value is -2.71. The highest BCUT2D eigenvalue weighted by molar-refractivity contribution is 5.82. The van der Waals surface area contributed by atoms with Crippen molar-refractivity contribution in [2.24, 2.45) is 0 Å². The van der Waals surface area contributed by atoms with Crippen molar-refractivity contribution in [1.29, 1.82) is 0 Å². The van der Waals surface area contributed by atoms with Gasteiger partial charge in [-0.05, 0) is 97.6 Å². The monoisotopic (exact) mass is 501 g/mol. The molecule has 3 aromatic rings. The quantitative estimate of drug-likeness (QED) is 0.439. The number of benzene rings is 2. The van der Waals surface area contributed by atoms with Gasteiger partial charge in [0.1, 0.15) is 5.82 Å². The summed E-state index contributed by atoms with van der Waals surface area (Å²) in [4.78, 5) is 15.9. The third kappa shape index (κ3) is 5.34. The summed E-state index contributed by atoms with van der Waals surface area (Å²) >= 11 is 0. The Balaban J connectivity index is 1.41. The second-order valence-electron chi connectivity index (χ2n) is 9.96. The minimum absolute atomic E-state index is 0.0482. The molecule has 5 rings (SSSR count). The average Bonchev–Trinajstić information content (AvgIpc) is 3.31. The second-order valence-corrected chi connectivity index (χ2v) is 9.96. The van der Waals surface area contributed by atoms with Crippen LogP contribution < -0.4 is 10.9 Å². The van der Waals surface area contributed by atoms with E-state index in [0.717, 1.165) is 61.9 Å². The highest BCUT2D eigenvalue weighted by Gasteiger charge is 2.33. The van der Waals surface area contributed by atoms with Crippen LogP contribution in [0, 0.1) is 5.82 Å². The molecule has 1 aliphatic heterocycles. The minimum Gasteiger partial charge on any atom is -0.308 e. The summed E-state index contributed by atoms with van der Waals surface area (Å²) in [5.41, 5.74) is 2.91. The van der Waals surface area contributed by atoms with Crippen molar-refractivity contribution >= 4 is 10.9 Å². The van der Waals surface area contributed by atoms with Crippen molar-refractivity contribution in [2.45, 2.75) is 64.3 Å². The summed E-state index contributed by atoms with van der Waals surface area (Å²) in [7, 11) is 0. The lowest BCUT2D eigenvalue weighted by atomic mass is 10.0. The van der Waals surface area contributed by atoms with Crippen LogP contribution in [-0.4, -0.2) is 29.1 Å². The maximum absolute atomic E-state index is 13.5. The minimum atomic E-state index is -4.65. The van der Waals surface area contributed by atoms with Crippen LogP contribution in [0.5, 0.6) is 0 Å². The number of hydrogen-bond donors (Lipinski definition) is 1. The van der Waals surface area contributed by atoms with Crippen LogP contribution >= 0.6 is 0 Å². The van der Waals surface area contributed by atoms with Crippen LogP contribution in [0.3, 0.4) is 0 Å². The van der Waals surface area contributed by atoms with Gasteiger partial charge < -0.3 is 14.8 Å². The number of hydrogen-bond acceptors (Lipinski definition) is 3. The van der Waals surface area contributed by atoms with E-state index in [1.165, 1.54) is 30.4 Å². The Morgan fingerprint density at radius 3 is 2.31 bits per heavy atom. The molecule has 8 heteroatoms. The zero-order valence-electron chi connectivity index (χ0n) is 20.3. The smallest absolute Gasteiger partial charge is 0.308 e. The summed E-state index contributed by atoms with van der Waals surface area (Å²) in [6.07, 6.45) is 2.11. The van der Waals surface area contributed by atoms with E-state index in [4.69, 9.17) is 0 Å². The number of halogens is 4. The molecule has 2 aromatic carbocycles. The predicted molar refractivity (Wildman–Crippen MR) is 132 cm³/mol. The molecule has 0 radical (unpaired) electrons. The summed E-state index contributed by atoms with van der Waals surface area (Å²) in [5, 5.41) is 3.98. The predicted octanol–water partition coefficient (Wildman–Crippen LogP) is 5.42. The number of piperidine rings is 1.